The maximum absolute atomic E-state index is 12.6. The molecule has 12 nitrogen and oxygen atoms in total. The summed E-state index contributed by atoms with van der Waals surface area (Å²) in [6.45, 7) is 2.68. The number of Topliss-reactive ketones (excluding diaryl/α,β-unsaturated/α-hetero) is 1. The summed E-state index contributed by atoms with van der Waals surface area (Å²) in [4.78, 5) is 43.2. The summed E-state index contributed by atoms with van der Waals surface area (Å²) in [5.74, 6) is -3.95. The number of aliphatic hydroxyl groups excluding tert-OH is 1. The first-order chi connectivity index (χ1) is 15.5. The van der Waals surface area contributed by atoms with Crippen LogP contribution < -0.4 is 45.1 Å². The van der Waals surface area contributed by atoms with E-state index >= 15 is 0 Å². The van der Waals surface area contributed by atoms with Crippen molar-refractivity contribution in [3.63, 3.8) is 0 Å². The maximum atomic E-state index is 12.6. The number of aliphatic carboxylic acids is 1. The quantitative estimate of drug-likeness (QED) is 0.165. The van der Waals surface area contributed by atoms with Gasteiger partial charge in [0, 0.05) is 24.2 Å². The number of rotatable bonds is 9. The second kappa shape index (κ2) is 9.78. The molecule has 34 heavy (non-hydrogen) atoms. The Morgan fingerprint density at radius 1 is 1.41 bits per heavy atom. The number of β-lactam (4-membered cyclic amide) rings is 1. The van der Waals surface area contributed by atoms with Crippen molar-refractivity contribution in [1.82, 2.24) is 19.0 Å². The van der Waals surface area contributed by atoms with Crippen molar-refractivity contribution in [3.8, 4) is 0 Å². The zero-order valence-corrected chi connectivity index (χ0v) is 22.4. The molecule has 0 unspecified atom stereocenters. The summed E-state index contributed by atoms with van der Waals surface area (Å²) >= 11 is 1.10. The minimum absolute atomic E-state index is 0. The predicted molar refractivity (Wildman–Crippen MR) is 115 cm³/mol. The number of carbonyl (C=O) groups is 3. The summed E-state index contributed by atoms with van der Waals surface area (Å²) in [7, 11) is -3.69. The fourth-order valence-electron chi connectivity index (χ4n) is 4.49. The molecule has 4 N–H and O–H groups in total. The number of aromatic nitrogens is 2. The van der Waals surface area contributed by atoms with Crippen LogP contribution in [0.4, 0.5) is 0 Å². The number of hydrogen-bond acceptors (Lipinski definition) is 10. The molecule has 2 aromatic rings. The number of hydrogen-bond donors (Lipinski definition) is 3. The van der Waals surface area contributed by atoms with Crippen LogP contribution in [0, 0.1) is 11.8 Å². The van der Waals surface area contributed by atoms with E-state index in [0.29, 0.717) is 15.3 Å². The molecule has 0 aromatic carbocycles. The largest absolute Gasteiger partial charge is 1.00 e. The Morgan fingerprint density at radius 2 is 2.09 bits per heavy atom. The molecule has 15 heteroatoms. The van der Waals surface area contributed by atoms with E-state index < -0.39 is 58.2 Å². The normalized spacial score (nSPS) is 23.0. The number of carboxylic acid groups (broad SMARTS) is 1. The van der Waals surface area contributed by atoms with Crippen LogP contribution in [-0.2, 0) is 19.6 Å². The third-order valence-corrected chi connectivity index (χ3v) is 8.45. The van der Waals surface area contributed by atoms with Gasteiger partial charge in [0.25, 0.3) is 0 Å². The van der Waals surface area contributed by atoms with Crippen LogP contribution >= 0.6 is 11.3 Å². The Balaban J connectivity index is 0.00000324. The average molecular weight is 520 g/mol. The molecule has 0 spiro atoms. The molecule has 0 bridgehead atoms. The average Bonchev–Trinajstić information content (AvgIpc) is 3.35. The molecule has 4 heterocycles. The second-order valence-corrected chi connectivity index (χ2v) is 11.0. The van der Waals surface area contributed by atoms with Crippen molar-refractivity contribution in [2.45, 2.75) is 26.0 Å². The van der Waals surface area contributed by atoms with Gasteiger partial charge in [-0.1, -0.05) is 6.92 Å². The number of thiazole rings is 1. The fraction of sp³-hybridized carbons (Fsp3) is 0.474. The number of nitrogens with two attached hydrogens (primary N) is 1. The number of amides is 1. The number of fused-ring (bicyclic) bond motifs is 2. The zero-order chi connectivity index (χ0) is 24.2. The van der Waals surface area contributed by atoms with Gasteiger partial charge in [0.05, 0.1) is 46.9 Å². The van der Waals surface area contributed by atoms with Crippen molar-refractivity contribution in [1.29, 1.82) is 0 Å². The van der Waals surface area contributed by atoms with Crippen LogP contribution in [0.5, 0.6) is 0 Å². The van der Waals surface area contributed by atoms with E-state index in [2.05, 4.69) is 9.71 Å². The SMILES string of the molecule is C[C@@H](O)[C@H]1C(=O)N2C(C(=O)[O-])=C(c3cn4cnc(C(=O)CNS(=O)(=O)CCN)c4s3)[C@H](C)[C@H]12.[Na+]. The molecular formula is C19H22N5NaO7S2. The first kappa shape index (κ1) is 26.9. The number of carboxylic acids is 1. The minimum atomic E-state index is -3.69. The molecule has 4 atom stereocenters. The maximum Gasteiger partial charge on any atom is 1.00 e. The Morgan fingerprint density at radius 3 is 2.68 bits per heavy atom. The number of sulfonamides is 1. The Bertz CT molecular complexity index is 1300. The van der Waals surface area contributed by atoms with Gasteiger partial charge in [-0.25, -0.2) is 18.1 Å². The Kier molecular flexibility index (Phi) is 7.75. The van der Waals surface area contributed by atoms with Gasteiger partial charge < -0.3 is 25.6 Å². The van der Waals surface area contributed by atoms with Gasteiger partial charge in [-0.2, -0.15) is 0 Å². The molecule has 2 aromatic heterocycles. The molecule has 0 saturated carbocycles. The van der Waals surface area contributed by atoms with Crippen molar-refractivity contribution < 1.29 is 62.6 Å². The number of nitrogens with zero attached hydrogens (tertiary/aromatic N) is 3. The second-order valence-electron chi connectivity index (χ2n) is 8.06. The number of carbonyl (C=O) groups excluding carboxylic acids is 3. The smallest absolute Gasteiger partial charge is 0.543 e. The van der Waals surface area contributed by atoms with Gasteiger partial charge in [0.15, 0.2) is 5.78 Å². The number of aliphatic hydroxyl groups is 1. The standard InChI is InChI=1S/C19H23N5O7S2.Na/c1-8-12(16(19(28)29)24-15(8)13(9(2)25)17(24)27)11-6-23-7-21-14(18(23)32-11)10(26)5-22-33(30,31)4-3-20;/h6-9,13,15,22,25H,3-5,20H2,1-2H3,(H,28,29);/q;+1/p-1/t8-,9+,13+,15+;/m0./s1. The summed E-state index contributed by atoms with van der Waals surface area (Å²) in [6.07, 6.45) is 2.04. The topological polar surface area (TPSA) is 187 Å². The van der Waals surface area contributed by atoms with Gasteiger partial charge >= 0.3 is 29.6 Å². The molecule has 0 aliphatic carbocycles. The van der Waals surface area contributed by atoms with Crippen LogP contribution in [0.1, 0.15) is 29.2 Å². The predicted octanol–water partition coefficient (Wildman–Crippen LogP) is -5.22. The van der Waals surface area contributed by atoms with Crippen molar-refractivity contribution in [3.05, 3.63) is 28.8 Å². The van der Waals surface area contributed by atoms with E-state index in [9.17, 15) is 33.0 Å². The Labute approximate surface area is 221 Å². The van der Waals surface area contributed by atoms with Gasteiger partial charge in [0.2, 0.25) is 15.9 Å². The summed E-state index contributed by atoms with van der Waals surface area (Å²) in [5, 5.41) is 21.9. The molecule has 0 radical (unpaired) electrons. The Hall–Kier alpha value is -1.65. The van der Waals surface area contributed by atoms with Crippen LogP contribution in [0.15, 0.2) is 18.2 Å². The monoisotopic (exact) mass is 519 g/mol. The van der Waals surface area contributed by atoms with E-state index in [1.165, 1.54) is 17.7 Å². The molecule has 4 rings (SSSR count). The number of nitrogens with one attached hydrogen (secondary N) is 1. The third-order valence-electron chi connectivity index (χ3n) is 5.95. The molecule has 2 aliphatic heterocycles. The first-order valence-corrected chi connectivity index (χ1v) is 12.6. The molecule has 1 amide bonds. The number of ketones is 1. The molecule has 178 valence electrons. The molecule has 1 saturated heterocycles. The first-order valence-electron chi connectivity index (χ1n) is 10.1. The van der Waals surface area contributed by atoms with Crippen LogP contribution in [0.3, 0.4) is 0 Å². The van der Waals surface area contributed by atoms with Crippen molar-refractivity contribution >= 4 is 49.4 Å². The summed E-state index contributed by atoms with van der Waals surface area (Å²) < 4.78 is 27.3. The summed E-state index contributed by atoms with van der Waals surface area (Å²) in [5.41, 5.74) is 5.42. The minimum Gasteiger partial charge on any atom is -0.543 e. The van der Waals surface area contributed by atoms with E-state index in [-0.39, 0.29) is 53.2 Å². The van der Waals surface area contributed by atoms with Crippen LogP contribution in [0.2, 0.25) is 0 Å². The van der Waals surface area contributed by atoms with Gasteiger partial charge in [-0.05, 0) is 6.92 Å². The van der Waals surface area contributed by atoms with Gasteiger partial charge in [-0.15, -0.1) is 11.3 Å². The van der Waals surface area contributed by atoms with E-state index in [1.54, 1.807) is 13.1 Å². The van der Waals surface area contributed by atoms with Gasteiger partial charge in [-0.3, -0.25) is 14.0 Å². The molecule has 2 aliphatic rings. The van der Waals surface area contributed by atoms with E-state index in [1.807, 2.05) is 0 Å². The number of imidazole rings is 1. The van der Waals surface area contributed by atoms with E-state index in [4.69, 9.17) is 5.73 Å². The zero-order valence-electron chi connectivity index (χ0n) is 18.7. The van der Waals surface area contributed by atoms with Gasteiger partial charge in [0.1, 0.15) is 16.9 Å². The third kappa shape index (κ3) is 4.37. The fourth-order valence-corrected chi connectivity index (χ4v) is 6.53. The summed E-state index contributed by atoms with van der Waals surface area (Å²) in [6, 6.07) is -0.502. The molecule has 1 fully saturated rings. The van der Waals surface area contributed by atoms with Crippen molar-refractivity contribution in [2.24, 2.45) is 17.6 Å². The van der Waals surface area contributed by atoms with Crippen LogP contribution in [0.25, 0.3) is 10.4 Å². The molecular weight excluding hydrogens is 497 g/mol. The van der Waals surface area contributed by atoms with E-state index in [0.717, 1.165) is 16.2 Å². The van der Waals surface area contributed by atoms with Crippen molar-refractivity contribution in [2.75, 3.05) is 18.8 Å². The van der Waals surface area contributed by atoms with Crippen LogP contribution in [-0.4, -0.2) is 76.5 Å².